The predicted molar refractivity (Wildman–Crippen MR) is 118 cm³/mol. The molecule has 0 radical (unpaired) electrons. The molecule has 1 amide bonds. The van der Waals surface area contributed by atoms with Gasteiger partial charge in [-0.05, 0) is 30.5 Å². The van der Waals surface area contributed by atoms with E-state index in [0.717, 1.165) is 17.5 Å². The van der Waals surface area contributed by atoms with E-state index >= 15 is 0 Å². The van der Waals surface area contributed by atoms with Crippen LogP contribution in [0.5, 0.6) is 0 Å². The van der Waals surface area contributed by atoms with E-state index in [0.29, 0.717) is 18.7 Å². The van der Waals surface area contributed by atoms with Crippen LogP contribution in [0.1, 0.15) is 52.9 Å². The quantitative estimate of drug-likeness (QED) is 0.498. The zero-order valence-corrected chi connectivity index (χ0v) is 18.6. The van der Waals surface area contributed by atoms with Gasteiger partial charge < -0.3 is 19.6 Å². The van der Waals surface area contributed by atoms with Gasteiger partial charge in [0.25, 0.3) is 5.91 Å². The molecule has 1 fully saturated rings. The van der Waals surface area contributed by atoms with Crippen LogP contribution < -0.4 is 5.32 Å². The number of oxazole rings is 1. The van der Waals surface area contributed by atoms with Gasteiger partial charge in [0.05, 0.1) is 36.7 Å². The minimum Gasteiger partial charge on any atom is -0.481 e. The summed E-state index contributed by atoms with van der Waals surface area (Å²) in [7, 11) is 0. The van der Waals surface area contributed by atoms with Crippen molar-refractivity contribution in [2.45, 2.75) is 44.4 Å². The summed E-state index contributed by atoms with van der Waals surface area (Å²) >= 11 is 0. The Morgan fingerprint density at radius 3 is 2.46 bits per heavy atom. The third-order valence-electron chi connectivity index (χ3n) is 5.68. The first-order valence-electron chi connectivity index (χ1n) is 10.9. The van der Waals surface area contributed by atoms with Crippen molar-refractivity contribution in [3.05, 3.63) is 65.5 Å². The molecular formula is C24H22F3N3O5. The second-order valence-electron chi connectivity index (χ2n) is 8.24. The number of aliphatic carboxylic acids is 1. The van der Waals surface area contributed by atoms with Crippen LogP contribution in [0.2, 0.25) is 0 Å². The van der Waals surface area contributed by atoms with Crippen molar-refractivity contribution in [2.75, 3.05) is 11.9 Å². The second kappa shape index (κ2) is 9.87. The summed E-state index contributed by atoms with van der Waals surface area (Å²) < 4.78 is 49.4. The molecule has 2 N–H and O–H groups in total. The number of aromatic nitrogens is 2. The van der Waals surface area contributed by atoms with Crippen molar-refractivity contribution in [2.24, 2.45) is 0 Å². The van der Waals surface area contributed by atoms with E-state index in [-0.39, 0.29) is 30.0 Å². The van der Waals surface area contributed by atoms with Crippen molar-refractivity contribution in [1.82, 2.24) is 9.97 Å². The fourth-order valence-corrected chi connectivity index (χ4v) is 3.95. The first-order chi connectivity index (χ1) is 16.6. The van der Waals surface area contributed by atoms with E-state index in [4.69, 9.17) is 9.84 Å². The first-order valence-corrected chi connectivity index (χ1v) is 10.9. The lowest BCUT2D eigenvalue weighted by Crippen LogP contribution is -2.26. The summed E-state index contributed by atoms with van der Waals surface area (Å²) in [6, 6.07) is 10.9. The van der Waals surface area contributed by atoms with Crippen LogP contribution in [-0.2, 0) is 15.7 Å². The maximum atomic E-state index is 13.1. The van der Waals surface area contributed by atoms with E-state index < -0.39 is 29.5 Å². The third-order valence-corrected chi connectivity index (χ3v) is 5.68. The van der Waals surface area contributed by atoms with Crippen LogP contribution >= 0.6 is 0 Å². The van der Waals surface area contributed by atoms with Gasteiger partial charge in [0.1, 0.15) is 0 Å². The molecule has 3 aromatic rings. The normalized spacial score (nSPS) is 18.3. The predicted octanol–water partition coefficient (Wildman–Crippen LogP) is 5.05. The highest BCUT2D eigenvalue weighted by Crippen LogP contribution is 2.33. The number of hydrogen-bond acceptors (Lipinski definition) is 6. The number of nitrogens with one attached hydrogen (secondary N) is 1. The molecule has 2 aromatic heterocycles. The van der Waals surface area contributed by atoms with E-state index in [2.05, 4.69) is 19.7 Å². The number of carbonyl (C=O) groups is 2. The summed E-state index contributed by atoms with van der Waals surface area (Å²) in [4.78, 5) is 31.0. The number of carbonyl (C=O) groups excluding carboxylic acids is 1. The average molecular weight is 489 g/mol. The van der Waals surface area contributed by atoms with Crippen LogP contribution in [0, 0.1) is 6.92 Å². The van der Waals surface area contributed by atoms with Gasteiger partial charge in [0, 0.05) is 18.4 Å². The Hall–Kier alpha value is -3.73. The van der Waals surface area contributed by atoms with Gasteiger partial charge in [-0.15, -0.1) is 0 Å². The zero-order valence-electron chi connectivity index (χ0n) is 18.6. The topological polar surface area (TPSA) is 115 Å². The highest BCUT2D eigenvalue weighted by molar-refractivity contribution is 6.03. The smallest absolute Gasteiger partial charge is 0.452 e. The number of hydrogen-bond donors (Lipinski definition) is 2. The number of alkyl halides is 3. The standard InChI is InChI=1S/C24H22F3N3O5/c1-13-29-21(22(35-13)24(25,26)27)23(33)30-17-7-9-19(28-11-17)15-4-2-14(3-5-15)16-6-8-18(34-12-16)10-20(31)32/h2-5,7,9,11,16,18H,6,8,10,12H2,1H3,(H,30,33)(H,31,32). The van der Waals surface area contributed by atoms with Crippen LogP contribution in [0.4, 0.5) is 18.9 Å². The fourth-order valence-electron chi connectivity index (χ4n) is 3.95. The molecule has 4 rings (SSSR count). The molecule has 8 nitrogen and oxygen atoms in total. The summed E-state index contributed by atoms with van der Waals surface area (Å²) in [5, 5.41) is 11.2. The lowest BCUT2D eigenvalue weighted by atomic mass is 9.90. The van der Waals surface area contributed by atoms with Crippen molar-refractivity contribution >= 4 is 17.6 Å². The molecule has 0 saturated carbocycles. The lowest BCUT2D eigenvalue weighted by Gasteiger charge is -2.28. The van der Waals surface area contributed by atoms with E-state index in [9.17, 15) is 22.8 Å². The number of halogens is 3. The van der Waals surface area contributed by atoms with Gasteiger partial charge in [0.15, 0.2) is 11.6 Å². The Morgan fingerprint density at radius 1 is 1.14 bits per heavy atom. The number of anilines is 1. The Kier molecular flexibility index (Phi) is 6.88. The van der Waals surface area contributed by atoms with Gasteiger partial charge in [-0.3, -0.25) is 14.6 Å². The molecule has 2 atom stereocenters. The maximum Gasteiger partial charge on any atom is 0.452 e. The molecule has 35 heavy (non-hydrogen) atoms. The number of amides is 1. The van der Waals surface area contributed by atoms with E-state index in [1.54, 1.807) is 6.07 Å². The van der Waals surface area contributed by atoms with Gasteiger partial charge in [-0.2, -0.15) is 13.2 Å². The highest BCUT2D eigenvalue weighted by Gasteiger charge is 2.41. The molecule has 0 aliphatic carbocycles. The molecule has 184 valence electrons. The fraction of sp³-hybridized carbons (Fsp3) is 0.333. The number of pyridine rings is 1. The first kappa shape index (κ1) is 24.4. The molecule has 11 heteroatoms. The van der Waals surface area contributed by atoms with Crippen LogP contribution in [0.25, 0.3) is 11.3 Å². The Labute approximate surface area is 198 Å². The van der Waals surface area contributed by atoms with Gasteiger partial charge in [-0.1, -0.05) is 24.3 Å². The van der Waals surface area contributed by atoms with E-state index in [1.807, 2.05) is 24.3 Å². The molecule has 3 heterocycles. The van der Waals surface area contributed by atoms with Crippen molar-refractivity contribution in [3.63, 3.8) is 0 Å². The Bertz CT molecular complexity index is 1200. The van der Waals surface area contributed by atoms with Gasteiger partial charge in [0.2, 0.25) is 5.76 Å². The minimum atomic E-state index is -4.84. The number of carboxylic acid groups (broad SMARTS) is 1. The molecule has 1 aliphatic rings. The van der Waals surface area contributed by atoms with Gasteiger partial charge >= 0.3 is 12.1 Å². The number of aryl methyl sites for hydroxylation is 1. The number of nitrogens with zero attached hydrogens (tertiary/aromatic N) is 2. The molecule has 0 bridgehead atoms. The summed E-state index contributed by atoms with van der Waals surface area (Å²) in [6.45, 7) is 1.69. The monoisotopic (exact) mass is 489 g/mol. The molecule has 1 aromatic carbocycles. The SMILES string of the molecule is Cc1nc(C(=O)Nc2ccc(-c3ccc(C4CCC(CC(=O)O)OC4)cc3)nc2)c(C(F)(F)F)o1. The van der Waals surface area contributed by atoms with Crippen LogP contribution in [-0.4, -0.2) is 39.7 Å². The van der Waals surface area contributed by atoms with Gasteiger partial charge in [-0.25, -0.2) is 4.98 Å². The number of rotatable bonds is 6. The number of benzene rings is 1. The Morgan fingerprint density at radius 2 is 1.89 bits per heavy atom. The molecule has 1 saturated heterocycles. The average Bonchev–Trinajstić information content (AvgIpc) is 3.22. The van der Waals surface area contributed by atoms with E-state index in [1.165, 1.54) is 19.2 Å². The molecule has 0 spiro atoms. The largest absolute Gasteiger partial charge is 0.481 e. The second-order valence-corrected chi connectivity index (χ2v) is 8.24. The zero-order chi connectivity index (χ0) is 25.2. The highest BCUT2D eigenvalue weighted by atomic mass is 19.4. The minimum absolute atomic E-state index is 0.00942. The van der Waals surface area contributed by atoms with Crippen LogP contribution in [0.15, 0.2) is 47.0 Å². The molecule has 1 aliphatic heterocycles. The summed E-state index contributed by atoms with van der Waals surface area (Å²) in [6.07, 6.45) is -2.21. The van der Waals surface area contributed by atoms with Crippen molar-refractivity contribution in [1.29, 1.82) is 0 Å². The molecule has 2 unspecified atom stereocenters. The lowest BCUT2D eigenvalue weighted by molar-refractivity contribution is -0.153. The third kappa shape index (κ3) is 5.86. The van der Waals surface area contributed by atoms with Crippen LogP contribution in [0.3, 0.4) is 0 Å². The summed E-state index contributed by atoms with van der Waals surface area (Å²) in [5.41, 5.74) is 1.88. The maximum absolute atomic E-state index is 13.1. The van der Waals surface area contributed by atoms with Crippen molar-refractivity contribution < 1.29 is 37.0 Å². The van der Waals surface area contributed by atoms with Crippen molar-refractivity contribution in [3.8, 4) is 11.3 Å². The Balaban J connectivity index is 1.39. The summed E-state index contributed by atoms with van der Waals surface area (Å²) in [5.74, 6) is -3.44. The number of carboxylic acids is 1. The number of ether oxygens (including phenoxy) is 1. The molecular weight excluding hydrogens is 467 g/mol.